The molecule has 0 spiro atoms. The van der Waals surface area contributed by atoms with Crippen molar-refractivity contribution >= 4 is 5.91 Å². The number of carbonyl (C=O) groups excluding carboxylic acids is 1. The van der Waals surface area contributed by atoms with Crippen LogP contribution < -0.4 is 0 Å². The first-order valence-electron chi connectivity index (χ1n) is 9.26. The molecule has 3 rings (SSSR count). The summed E-state index contributed by atoms with van der Waals surface area (Å²) in [6.07, 6.45) is 7.77. The highest BCUT2D eigenvalue weighted by atomic mass is 16.2. The van der Waals surface area contributed by atoms with E-state index in [-0.39, 0.29) is 5.91 Å². The first-order chi connectivity index (χ1) is 11.2. The maximum atomic E-state index is 12.6. The van der Waals surface area contributed by atoms with E-state index >= 15 is 0 Å². The monoisotopic (exact) mass is 314 g/mol. The minimum absolute atomic E-state index is 0.274. The molecule has 0 unspecified atom stereocenters. The van der Waals surface area contributed by atoms with E-state index in [1.54, 1.807) is 0 Å². The lowest BCUT2D eigenvalue weighted by Gasteiger charge is -2.36. The van der Waals surface area contributed by atoms with Gasteiger partial charge in [-0.25, -0.2) is 0 Å². The van der Waals surface area contributed by atoms with Crippen LogP contribution in [-0.4, -0.2) is 48.4 Å². The van der Waals surface area contributed by atoms with Gasteiger partial charge in [0.1, 0.15) is 0 Å². The predicted molar refractivity (Wildman–Crippen MR) is 94.7 cm³/mol. The Labute approximate surface area is 140 Å². The van der Waals surface area contributed by atoms with Crippen molar-refractivity contribution in [3.8, 4) is 0 Å². The number of aryl methyl sites for hydroxylation is 2. The molecule has 0 saturated carbocycles. The summed E-state index contributed by atoms with van der Waals surface area (Å²) in [4.78, 5) is 17.1. The molecule has 0 bridgehead atoms. The summed E-state index contributed by atoms with van der Waals surface area (Å²) in [5.41, 5.74) is 4.15. The number of likely N-dealkylation sites (N-methyl/N-ethyl adjacent to an activating group) is 1. The third-order valence-electron chi connectivity index (χ3n) is 5.71. The second-order valence-corrected chi connectivity index (χ2v) is 7.16. The molecule has 1 saturated heterocycles. The second-order valence-electron chi connectivity index (χ2n) is 7.16. The number of rotatable bonds is 4. The van der Waals surface area contributed by atoms with Gasteiger partial charge in [-0.2, -0.15) is 0 Å². The Morgan fingerprint density at radius 1 is 1.17 bits per heavy atom. The highest BCUT2D eigenvalue weighted by Gasteiger charge is 2.24. The van der Waals surface area contributed by atoms with Crippen molar-refractivity contribution in [1.29, 1.82) is 0 Å². The molecular formula is C20H30N2O. The Hall–Kier alpha value is -1.35. The molecule has 1 aliphatic carbocycles. The van der Waals surface area contributed by atoms with E-state index < -0.39 is 0 Å². The Bertz CT molecular complexity index is 547. The van der Waals surface area contributed by atoms with Gasteiger partial charge in [0.15, 0.2) is 0 Å². The topological polar surface area (TPSA) is 23.6 Å². The molecule has 1 aliphatic heterocycles. The Balaban J connectivity index is 1.58. The number of hydrogen-bond acceptors (Lipinski definition) is 2. The normalized spacial score (nSPS) is 19.4. The molecule has 1 aromatic rings. The maximum Gasteiger partial charge on any atom is 0.226 e. The second kappa shape index (κ2) is 7.48. The van der Waals surface area contributed by atoms with Crippen LogP contribution >= 0.6 is 0 Å². The van der Waals surface area contributed by atoms with Crippen molar-refractivity contribution < 1.29 is 4.79 Å². The number of piperidine rings is 1. The highest BCUT2D eigenvalue weighted by Crippen LogP contribution is 2.23. The van der Waals surface area contributed by atoms with Crippen LogP contribution in [0.1, 0.15) is 49.3 Å². The Kier molecular flexibility index (Phi) is 5.37. The molecule has 3 nitrogen and oxygen atoms in total. The SMILES string of the molecule is CCN1CCC(N(C)C(=O)Cc2ccc3c(c2)CCCC3)CC1. The van der Waals surface area contributed by atoms with Gasteiger partial charge in [0.05, 0.1) is 6.42 Å². The molecule has 0 aromatic heterocycles. The lowest BCUT2D eigenvalue weighted by molar-refractivity contribution is -0.132. The average molecular weight is 314 g/mol. The van der Waals surface area contributed by atoms with Crippen molar-refractivity contribution in [1.82, 2.24) is 9.80 Å². The molecule has 23 heavy (non-hydrogen) atoms. The van der Waals surface area contributed by atoms with Crippen molar-refractivity contribution in [2.45, 2.75) is 57.9 Å². The third kappa shape index (κ3) is 3.95. The summed E-state index contributed by atoms with van der Waals surface area (Å²) in [5, 5.41) is 0. The molecule has 0 radical (unpaired) electrons. The van der Waals surface area contributed by atoms with Crippen LogP contribution in [-0.2, 0) is 24.1 Å². The Morgan fingerprint density at radius 3 is 2.57 bits per heavy atom. The van der Waals surface area contributed by atoms with Crippen molar-refractivity contribution in [3.63, 3.8) is 0 Å². The fourth-order valence-corrected chi connectivity index (χ4v) is 4.02. The number of amides is 1. The zero-order chi connectivity index (χ0) is 16.2. The maximum absolute atomic E-state index is 12.6. The minimum Gasteiger partial charge on any atom is -0.342 e. The van der Waals surface area contributed by atoms with Gasteiger partial charge >= 0.3 is 0 Å². The van der Waals surface area contributed by atoms with Gasteiger partial charge in [-0.05, 0) is 61.8 Å². The molecule has 0 atom stereocenters. The highest BCUT2D eigenvalue weighted by molar-refractivity contribution is 5.79. The van der Waals surface area contributed by atoms with Crippen LogP contribution in [0.5, 0.6) is 0 Å². The van der Waals surface area contributed by atoms with E-state index in [2.05, 4.69) is 30.0 Å². The van der Waals surface area contributed by atoms with Gasteiger partial charge in [-0.1, -0.05) is 25.1 Å². The molecular weight excluding hydrogens is 284 g/mol. The number of nitrogens with zero attached hydrogens (tertiary/aromatic N) is 2. The number of benzene rings is 1. The van der Waals surface area contributed by atoms with E-state index in [1.165, 1.54) is 42.4 Å². The predicted octanol–water partition coefficient (Wildman–Crippen LogP) is 3.05. The summed E-state index contributed by atoms with van der Waals surface area (Å²) in [5.74, 6) is 0.274. The van der Waals surface area contributed by atoms with Crippen LogP contribution in [0, 0.1) is 0 Å². The standard InChI is InChI=1S/C20H30N2O/c1-3-22-12-10-19(11-13-22)21(2)20(23)15-16-8-9-17-6-4-5-7-18(17)14-16/h8-9,14,19H,3-7,10-13,15H2,1-2H3. The van der Waals surface area contributed by atoms with Gasteiger partial charge in [0, 0.05) is 26.2 Å². The Morgan fingerprint density at radius 2 is 1.87 bits per heavy atom. The number of likely N-dealkylation sites (tertiary alicyclic amines) is 1. The molecule has 1 aromatic carbocycles. The molecule has 2 aliphatic rings. The molecule has 1 heterocycles. The summed E-state index contributed by atoms with van der Waals surface area (Å²) in [6.45, 7) is 5.58. The van der Waals surface area contributed by atoms with Gasteiger partial charge < -0.3 is 9.80 Å². The van der Waals surface area contributed by atoms with Gasteiger partial charge in [-0.15, -0.1) is 0 Å². The van der Waals surface area contributed by atoms with E-state index in [1.807, 2.05) is 11.9 Å². The van der Waals surface area contributed by atoms with Crippen LogP contribution in [0.15, 0.2) is 18.2 Å². The molecule has 1 fully saturated rings. The van der Waals surface area contributed by atoms with Crippen LogP contribution in [0.4, 0.5) is 0 Å². The number of fused-ring (bicyclic) bond motifs is 1. The van der Waals surface area contributed by atoms with Gasteiger partial charge in [-0.3, -0.25) is 4.79 Å². The van der Waals surface area contributed by atoms with E-state index in [4.69, 9.17) is 0 Å². The lowest BCUT2D eigenvalue weighted by Crippen LogP contribution is -2.45. The molecule has 3 heteroatoms. The summed E-state index contributed by atoms with van der Waals surface area (Å²) >= 11 is 0. The first-order valence-corrected chi connectivity index (χ1v) is 9.26. The summed E-state index contributed by atoms with van der Waals surface area (Å²) < 4.78 is 0. The summed E-state index contributed by atoms with van der Waals surface area (Å²) in [7, 11) is 1.99. The first kappa shape index (κ1) is 16.5. The molecule has 1 amide bonds. The average Bonchev–Trinajstić information content (AvgIpc) is 2.61. The minimum atomic E-state index is 0.274. The summed E-state index contributed by atoms with van der Waals surface area (Å²) in [6, 6.07) is 7.11. The fraction of sp³-hybridized carbons (Fsp3) is 0.650. The van der Waals surface area contributed by atoms with E-state index in [0.29, 0.717) is 12.5 Å². The largest absolute Gasteiger partial charge is 0.342 e. The van der Waals surface area contributed by atoms with Crippen LogP contribution in [0.25, 0.3) is 0 Å². The van der Waals surface area contributed by atoms with Crippen molar-refractivity contribution in [2.75, 3.05) is 26.7 Å². The van der Waals surface area contributed by atoms with Crippen LogP contribution in [0.2, 0.25) is 0 Å². The van der Waals surface area contributed by atoms with Crippen molar-refractivity contribution in [2.24, 2.45) is 0 Å². The van der Waals surface area contributed by atoms with Crippen LogP contribution in [0.3, 0.4) is 0 Å². The zero-order valence-electron chi connectivity index (χ0n) is 14.7. The number of carbonyl (C=O) groups is 1. The lowest BCUT2D eigenvalue weighted by atomic mass is 9.90. The smallest absolute Gasteiger partial charge is 0.226 e. The van der Waals surface area contributed by atoms with Gasteiger partial charge in [0.25, 0.3) is 0 Å². The quantitative estimate of drug-likeness (QED) is 0.853. The van der Waals surface area contributed by atoms with E-state index in [9.17, 15) is 4.79 Å². The molecule has 0 N–H and O–H groups in total. The van der Waals surface area contributed by atoms with Gasteiger partial charge in [0.2, 0.25) is 5.91 Å². The number of hydrogen-bond donors (Lipinski definition) is 0. The zero-order valence-corrected chi connectivity index (χ0v) is 14.7. The fourth-order valence-electron chi connectivity index (χ4n) is 4.02. The third-order valence-corrected chi connectivity index (χ3v) is 5.71. The van der Waals surface area contributed by atoms with E-state index in [0.717, 1.165) is 32.5 Å². The molecule has 126 valence electrons. The van der Waals surface area contributed by atoms with Crippen molar-refractivity contribution in [3.05, 3.63) is 34.9 Å².